The number of carbonyl (C=O) groups is 2. The van der Waals surface area contributed by atoms with Crippen molar-refractivity contribution < 1.29 is 32.6 Å². The van der Waals surface area contributed by atoms with Crippen LogP contribution in [0.3, 0.4) is 0 Å². The van der Waals surface area contributed by atoms with Crippen LogP contribution >= 0.6 is 0 Å². The van der Waals surface area contributed by atoms with Gasteiger partial charge in [0.1, 0.15) is 5.69 Å². The van der Waals surface area contributed by atoms with Gasteiger partial charge in [0.2, 0.25) is 0 Å². The van der Waals surface area contributed by atoms with Gasteiger partial charge in [-0.1, -0.05) is 0 Å². The highest BCUT2D eigenvalue weighted by molar-refractivity contribution is 5.96. The number of morpholine rings is 1. The van der Waals surface area contributed by atoms with Crippen LogP contribution in [0, 0.1) is 0 Å². The van der Waals surface area contributed by atoms with E-state index in [9.17, 15) is 22.8 Å². The number of halogens is 3. The Kier molecular flexibility index (Phi) is 4.12. The van der Waals surface area contributed by atoms with E-state index in [1.165, 1.54) is 0 Å². The molecule has 21 heavy (non-hydrogen) atoms. The number of carboxylic acid groups (broad SMARTS) is 1. The molecule has 1 aromatic rings. The predicted octanol–water partition coefficient (Wildman–Crippen LogP) is 1.03. The average Bonchev–Trinajstić information content (AvgIpc) is 2.45. The van der Waals surface area contributed by atoms with Gasteiger partial charge in [-0.2, -0.15) is 13.2 Å². The lowest BCUT2D eigenvalue weighted by Gasteiger charge is -2.32. The van der Waals surface area contributed by atoms with E-state index in [-0.39, 0.29) is 25.3 Å². The maximum atomic E-state index is 12.4. The molecule has 1 fully saturated rings. The molecule has 0 bridgehead atoms. The quantitative estimate of drug-likeness (QED) is 0.882. The van der Waals surface area contributed by atoms with Crippen LogP contribution in [0.2, 0.25) is 0 Å². The monoisotopic (exact) mass is 304 g/mol. The third-order valence-corrected chi connectivity index (χ3v) is 2.98. The zero-order valence-corrected chi connectivity index (χ0v) is 10.6. The predicted molar refractivity (Wildman–Crippen MR) is 62.5 cm³/mol. The largest absolute Gasteiger partial charge is 0.480 e. The number of hydrogen-bond donors (Lipinski definition) is 1. The molecule has 2 heterocycles. The lowest BCUT2D eigenvalue weighted by atomic mass is 10.1. The minimum absolute atomic E-state index is 0.0524. The van der Waals surface area contributed by atoms with Gasteiger partial charge in [0, 0.05) is 12.7 Å². The van der Waals surface area contributed by atoms with E-state index in [0.717, 1.165) is 17.2 Å². The molecular formula is C12H11F3N2O4. The first kappa shape index (κ1) is 15.2. The molecular weight excluding hydrogens is 293 g/mol. The Morgan fingerprint density at radius 1 is 1.38 bits per heavy atom. The van der Waals surface area contributed by atoms with Crippen molar-refractivity contribution in [2.24, 2.45) is 0 Å². The molecule has 1 aliphatic rings. The zero-order chi connectivity index (χ0) is 15.6. The van der Waals surface area contributed by atoms with Gasteiger partial charge in [0.05, 0.1) is 18.8 Å². The minimum Gasteiger partial charge on any atom is -0.480 e. The molecule has 1 N–H and O–H groups in total. The van der Waals surface area contributed by atoms with Crippen molar-refractivity contribution in [3.8, 4) is 0 Å². The third-order valence-electron chi connectivity index (χ3n) is 2.98. The van der Waals surface area contributed by atoms with Gasteiger partial charge in [-0.25, -0.2) is 4.79 Å². The third kappa shape index (κ3) is 3.30. The summed E-state index contributed by atoms with van der Waals surface area (Å²) < 4.78 is 42.2. The maximum absolute atomic E-state index is 12.4. The van der Waals surface area contributed by atoms with Gasteiger partial charge < -0.3 is 14.7 Å². The first-order valence-electron chi connectivity index (χ1n) is 5.95. The molecule has 1 amide bonds. The molecule has 6 nitrogen and oxygen atoms in total. The van der Waals surface area contributed by atoms with Gasteiger partial charge in [-0.15, -0.1) is 0 Å². The number of rotatable bonds is 2. The molecule has 0 spiro atoms. The van der Waals surface area contributed by atoms with Crippen molar-refractivity contribution in [1.29, 1.82) is 0 Å². The molecule has 114 valence electrons. The van der Waals surface area contributed by atoms with Gasteiger partial charge in [-0.05, 0) is 12.1 Å². The van der Waals surface area contributed by atoms with Gasteiger partial charge >= 0.3 is 12.1 Å². The number of ether oxygens (including phenoxy) is 1. The highest BCUT2D eigenvalue weighted by Gasteiger charge is 2.35. The lowest BCUT2D eigenvalue weighted by Crippen LogP contribution is -2.52. The number of aromatic nitrogens is 1. The summed E-state index contributed by atoms with van der Waals surface area (Å²) in [6.07, 6.45) is -3.80. The standard InChI is InChI=1S/C12H11F3N2O4/c13-12(14,15)9-2-1-7(5-16-9)10(18)17-3-4-21-6-8(17)11(19)20/h1-2,5,8H,3-4,6H2,(H,19,20). The lowest BCUT2D eigenvalue weighted by molar-refractivity contribution is -0.147. The van der Waals surface area contributed by atoms with Crippen molar-refractivity contribution in [3.63, 3.8) is 0 Å². The normalized spacial score (nSPS) is 19.4. The minimum atomic E-state index is -4.59. The van der Waals surface area contributed by atoms with Crippen LogP contribution in [0.15, 0.2) is 18.3 Å². The molecule has 0 radical (unpaired) electrons. The second-order valence-electron chi connectivity index (χ2n) is 4.36. The first-order chi connectivity index (χ1) is 9.80. The van der Waals surface area contributed by atoms with E-state index in [1.807, 2.05) is 0 Å². The first-order valence-corrected chi connectivity index (χ1v) is 5.95. The molecule has 1 saturated heterocycles. The van der Waals surface area contributed by atoms with E-state index < -0.39 is 29.8 Å². The highest BCUT2D eigenvalue weighted by atomic mass is 19.4. The van der Waals surface area contributed by atoms with E-state index in [4.69, 9.17) is 9.84 Å². The molecule has 0 aliphatic carbocycles. The van der Waals surface area contributed by atoms with Crippen molar-refractivity contribution >= 4 is 11.9 Å². The Balaban J connectivity index is 2.20. The van der Waals surface area contributed by atoms with Crippen molar-refractivity contribution in [1.82, 2.24) is 9.88 Å². The average molecular weight is 304 g/mol. The Bertz CT molecular complexity index is 544. The molecule has 1 atom stereocenters. The topological polar surface area (TPSA) is 79.7 Å². The zero-order valence-electron chi connectivity index (χ0n) is 10.6. The summed E-state index contributed by atoms with van der Waals surface area (Å²) in [5.74, 6) is -1.92. The SMILES string of the molecule is O=C(O)C1COCCN1C(=O)c1ccc(C(F)(F)F)nc1. The van der Waals surface area contributed by atoms with Crippen molar-refractivity contribution in [3.05, 3.63) is 29.6 Å². The Morgan fingerprint density at radius 3 is 2.62 bits per heavy atom. The smallest absolute Gasteiger partial charge is 0.433 e. The van der Waals surface area contributed by atoms with Crippen LogP contribution in [0.1, 0.15) is 16.1 Å². The van der Waals surface area contributed by atoms with E-state index in [2.05, 4.69) is 4.98 Å². The summed E-state index contributed by atoms with van der Waals surface area (Å²) >= 11 is 0. The number of alkyl halides is 3. The summed E-state index contributed by atoms with van der Waals surface area (Å²) in [7, 11) is 0. The molecule has 1 aliphatic heterocycles. The summed E-state index contributed by atoms with van der Waals surface area (Å²) in [6.45, 7) is 0.0650. The van der Waals surface area contributed by atoms with Crippen LogP contribution < -0.4 is 0 Å². The number of aliphatic carboxylic acids is 1. The summed E-state index contributed by atoms with van der Waals surface area (Å²) in [5, 5.41) is 9.02. The number of amides is 1. The molecule has 1 unspecified atom stereocenters. The van der Waals surface area contributed by atoms with Crippen LogP contribution in [0.4, 0.5) is 13.2 Å². The van der Waals surface area contributed by atoms with E-state index >= 15 is 0 Å². The number of carbonyl (C=O) groups excluding carboxylic acids is 1. The van der Waals surface area contributed by atoms with Gasteiger partial charge in [0.25, 0.3) is 5.91 Å². The van der Waals surface area contributed by atoms with Crippen LogP contribution in [0.5, 0.6) is 0 Å². The highest BCUT2D eigenvalue weighted by Crippen LogP contribution is 2.27. The molecule has 2 rings (SSSR count). The van der Waals surface area contributed by atoms with Gasteiger partial charge in [-0.3, -0.25) is 9.78 Å². The Hall–Kier alpha value is -2.16. The fourth-order valence-electron chi connectivity index (χ4n) is 1.91. The van der Waals surface area contributed by atoms with E-state index in [1.54, 1.807) is 0 Å². The molecule has 0 saturated carbocycles. The number of pyridine rings is 1. The van der Waals surface area contributed by atoms with Crippen molar-refractivity contribution in [2.75, 3.05) is 19.8 Å². The van der Waals surface area contributed by atoms with Gasteiger partial charge in [0.15, 0.2) is 6.04 Å². The molecule has 9 heteroatoms. The fraction of sp³-hybridized carbons (Fsp3) is 0.417. The van der Waals surface area contributed by atoms with E-state index in [0.29, 0.717) is 6.07 Å². The Labute approximate surface area is 117 Å². The Morgan fingerprint density at radius 2 is 2.10 bits per heavy atom. The second kappa shape index (κ2) is 5.68. The van der Waals surface area contributed by atoms with Crippen molar-refractivity contribution in [2.45, 2.75) is 12.2 Å². The number of nitrogens with zero attached hydrogens (tertiary/aromatic N) is 2. The van der Waals surface area contributed by atoms with Crippen LogP contribution in [0.25, 0.3) is 0 Å². The van der Waals surface area contributed by atoms with Crippen LogP contribution in [-0.2, 0) is 15.7 Å². The molecule has 0 aromatic carbocycles. The summed E-state index contributed by atoms with van der Waals surface area (Å²) in [6, 6.07) is 0.504. The second-order valence-corrected chi connectivity index (χ2v) is 4.36. The molecule has 1 aromatic heterocycles. The number of hydrogen-bond acceptors (Lipinski definition) is 4. The van der Waals surface area contributed by atoms with Crippen LogP contribution in [-0.4, -0.2) is 52.7 Å². The maximum Gasteiger partial charge on any atom is 0.433 e. The summed E-state index contributed by atoms with van der Waals surface area (Å²) in [4.78, 5) is 27.4. The fourth-order valence-corrected chi connectivity index (χ4v) is 1.91. The summed E-state index contributed by atoms with van der Waals surface area (Å²) in [5.41, 5.74) is -1.22. The number of carboxylic acids is 1.